The van der Waals surface area contributed by atoms with Crippen molar-refractivity contribution in [2.75, 3.05) is 0 Å². The van der Waals surface area contributed by atoms with E-state index in [1.807, 2.05) is 97.1 Å². The van der Waals surface area contributed by atoms with Crippen LogP contribution < -0.4 is 0 Å². The van der Waals surface area contributed by atoms with Gasteiger partial charge in [0, 0.05) is 0 Å². The van der Waals surface area contributed by atoms with Crippen LogP contribution in [0.15, 0.2) is 121 Å². The zero-order valence-electron chi connectivity index (χ0n) is 19.8. The standard InChI is InChI=1S/C31H29FO3/c1-29(2)34-27(30(32,23-15-7-3-8-16-23)24-17-9-4-10-18-24)28(35-29)31(33,25-19-11-5-12-20-25)26-21-13-6-14-22-26/h3-22,27-28,33H,1-2H3/t27-,28-/m1/s1. The Balaban J connectivity index is 1.76. The van der Waals surface area contributed by atoms with Crippen molar-refractivity contribution in [1.29, 1.82) is 0 Å². The molecule has 5 rings (SSSR count). The summed E-state index contributed by atoms with van der Waals surface area (Å²) in [5.74, 6) is -1.13. The minimum atomic E-state index is -2.10. The van der Waals surface area contributed by atoms with Crippen LogP contribution in [0.3, 0.4) is 0 Å². The van der Waals surface area contributed by atoms with Crippen LogP contribution in [0.5, 0.6) is 0 Å². The molecule has 2 atom stereocenters. The Bertz CT molecular complexity index is 1070. The monoisotopic (exact) mass is 468 g/mol. The van der Waals surface area contributed by atoms with Crippen molar-refractivity contribution in [3.8, 4) is 0 Å². The van der Waals surface area contributed by atoms with Crippen LogP contribution in [0, 0.1) is 0 Å². The summed E-state index contributed by atoms with van der Waals surface area (Å²) in [5, 5.41) is 12.5. The maximum Gasteiger partial charge on any atom is 0.189 e. The number of hydrogen-bond acceptors (Lipinski definition) is 3. The Morgan fingerprint density at radius 3 is 1.26 bits per heavy atom. The summed E-state index contributed by atoms with van der Waals surface area (Å²) >= 11 is 0. The summed E-state index contributed by atoms with van der Waals surface area (Å²) < 4.78 is 30.6. The Kier molecular flexibility index (Phi) is 6.06. The molecule has 0 aliphatic carbocycles. The van der Waals surface area contributed by atoms with Gasteiger partial charge in [0.05, 0.1) is 0 Å². The molecule has 1 saturated heterocycles. The van der Waals surface area contributed by atoms with Crippen LogP contribution in [0.25, 0.3) is 0 Å². The zero-order chi connectivity index (χ0) is 24.5. The van der Waals surface area contributed by atoms with E-state index in [0.29, 0.717) is 22.3 Å². The molecule has 0 bridgehead atoms. The minimum absolute atomic E-state index is 0.436. The minimum Gasteiger partial charge on any atom is -0.378 e. The largest absolute Gasteiger partial charge is 0.378 e. The van der Waals surface area contributed by atoms with E-state index >= 15 is 4.39 Å². The SMILES string of the molecule is CC1(C)O[C@@H](C(O)(c2ccccc2)c2ccccc2)[C@H](C(F)(c2ccccc2)c2ccccc2)O1. The molecule has 3 nitrogen and oxygen atoms in total. The number of alkyl halides is 1. The lowest BCUT2D eigenvalue weighted by molar-refractivity contribution is -0.169. The molecule has 0 radical (unpaired) electrons. The quantitative estimate of drug-likeness (QED) is 0.358. The summed E-state index contributed by atoms with van der Waals surface area (Å²) in [6, 6.07) is 36.5. The van der Waals surface area contributed by atoms with Gasteiger partial charge in [-0.2, -0.15) is 0 Å². The maximum atomic E-state index is 17.8. The number of aliphatic hydroxyl groups is 1. The van der Waals surface area contributed by atoms with Crippen molar-refractivity contribution in [3.63, 3.8) is 0 Å². The highest BCUT2D eigenvalue weighted by Gasteiger charge is 2.62. The van der Waals surface area contributed by atoms with E-state index in [-0.39, 0.29) is 0 Å². The molecule has 1 N–H and O–H groups in total. The smallest absolute Gasteiger partial charge is 0.189 e. The van der Waals surface area contributed by atoms with Crippen LogP contribution in [0.1, 0.15) is 36.1 Å². The average Bonchev–Trinajstić information content (AvgIpc) is 3.26. The van der Waals surface area contributed by atoms with Crippen molar-refractivity contribution < 1.29 is 19.0 Å². The molecule has 4 heteroatoms. The molecule has 0 spiro atoms. The molecule has 0 amide bonds. The highest BCUT2D eigenvalue weighted by Crippen LogP contribution is 2.51. The third-order valence-corrected chi connectivity index (χ3v) is 6.72. The van der Waals surface area contributed by atoms with Crippen molar-refractivity contribution in [1.82, 2.24) is 0 Å². The molecule has 0 saturated carbocycles. The van der Waals surface area contributed by atoms with Gasteiger partial charge in [-0.25, -0.2) is 4.39 Å². The highest BCUT2D eigenvalue weighted by atomic mass is 19.1. The average molecular weight is 469 g/mol. The molecule has 1 aliphatic rings. The van der Waals surface area contributed by atoms with Gasteiger partial charge in [-0.15, -0.1) is 0 Å². The van der Waals surface area contributed by atoms with Gasteiger partial charge in [0.1, 0.15) is 17.8 Å². The number of rotatable bonds is 6. The van der Waals surface area contributed by atoms with Crippen LogP contribution in [-0.2, 0) is 20.7 Å². The van der Waals surface area contributed by atoms with Crippen LogP contribution in [0.4, 0.5) is 4.39 Å². The van der Waals surface area contributed by atoms with E-state index < -0.39 is 29.3 Å². The third kappa shape index (κ3) is 4.08. The highest BCUT2D eigenvalue weighted by molar-refractivity contribution is 5.43. The lowest BCUT2D eigenvalue weighted by Gasteiger charge is -2.41. The summed E-state index contributed by atoms with van der Waals surface area (Å²) in [6.07, 6.45) is -2.22. The molecule has 0 unspecified atom stereocenters. The van der Waals surface area contributed by atoms with E-state index in [4.69, 9.17) is 9.47 Å². The van der Waals surface area contributed by atoms with Gasteiger partial charge >= 0.3 is 0 Å². The van der Waals surface area contributed by atoms with E-state index in [2.05, 4.69) is 0 Å². The normalized spacial score (nSPS) is 20.0. The summed E-state index contributed by atoms with van der Waals surface area (Å²) in [6.45, 7) is 3.51. The topological polar surface area (TPSA) is 38.7 Å². The number of benzene rings is 4. The van der Waals surface area contributed by atoms with Crippen molar-refractivity contribution >= 4 is 0 Å². The maximum absolute atomic E-state index is 17.8. The van der Waals surface area contributed by atoms with Gasteiger partial charge in [-0.05, 0) is 36.1 Å². The number of halogens is 1. The second-order valence-corrected chi connectivity index (χ2v) is 9.42. The number of hydrogen-bond donors (Lipinski definition) is 1. The first-order valence-corrected chi connectivity index (χ1v) is 11.8. The van der Waals surface area contributed by atoms with E-state index in [9.17, 15) is 5.11 Å². The molecular weight excluding hydrogens is 439 g/mol. The molecular formula is C31H29FO3. The summed E-state index contributed by atoms with van der Waals surface area (Å²) in [5.41, 5.74) is -1.70. The van der Waals surface area contributed by atoms with Gasteiger partial charge < -0.3 is 14.6 Å². The fraction of sp³-hybridized carbons (Fsp3) is 0.226. The van der Waals surface area contributed by atoms with Crippen LogP contribution in [0.2, 0.25) is 0 Å². The second-order valence-electron chi connectivity index (χ2n) is 9.42. The Morgan fingerprint density at radius 2 is 0.886 bits per heavy atom. The molecule has 178 valence electrons. The molecule has 1 aliphatic heterocycles. The van der Waals surface area contributed by atoms with Gasteiger partial charge in [0.25, 0.3) is 0 Å². The van der Waals surface area contributed by atoms with Crippen molar-refractivity contribution in [2.45, 2.75) is 43.1 Å². The third-order valence-electron chi connectivity index (χ3n) is 6.72. The Morgan fingerprint density at radius 1 is 0.571 bits per heavy atom. The predicted octanol–water partition coefficient (Wildman–Crippen LogP) is 6.36. The summed E-state index contributed by atoms with van der Waals surface area (Å²) in [7, 11) is 0. The first kappa shape index (κ1) is 23.4. The Hall–Kier alpha value is -3.31. The Labute approximate surface area is 205 Å². The molecule has 4 aromatic rings. The molecule has 35 heavy (non-hydrogen) atoms. The van der Waals surface area contributed by atoms with E-state index in [1.54, 1.807) is 38.1 Å². The van der Waals surface area contributed by atoms with Gasteiger partial charge in [-0.1, -0.05) is 121 Å². The van der Waals surface area contributed by atoms with Gasteiger partial charge in [0.15, 0.2) is 11.5 Å². The lowest BCUT2D eigenvalue weighted by atomic mass is 9.73. The second kappa shape index (κ2) is 9.04. The van der Waals surface area contributed by atoms with Crippen LogP contribution >= 0.6 is 0 Å². The fourth-order valence-corrected chi connectivity index (χ4v) is 5.09. The van der Waals surface area contributed by atoms with Gasteiger partial charge in [0.2, 0.25) is 0 Å². The first-order chi connectivity index (χ1) is 16.9. The van der Waals surface area contributed by atoms with Gasteiger partial charge in [-0.3, -0.25) is 0 Å². The lowest BCUT2D eigenvalue weighted by Crippen LogP contribution is -2.53. The van der Waals surface area contributed by atoms with E-state index in [0.717, 1.165) is 0 Å². The van der Waals surface area contributed by atoms with Crippen molar-refractivity contribution in [3.05, 3.63) is 144 Å². The molecule has 1 heterocycles. The summed E-state index contributed by atoms with van der Waals surface area (Å²) in [4.78, 5) is 0. The zero-order valence-corrected chi connectivity index (χ0v) is 19.8. The number of ether oxygens (including phenoxy) is 2. The first-order valence-electron chi connectivity index (χ1n) is 11.8. The molecule has 1 fully saturated rings. The predicted molar refractivity (Wildman–Crippen MR) is 134 cm³/mol. The van der Waals surface area contributed by atoms with Crippen LogP contribution in [-0.4, -0.2) is 23.1 Å². The van der Waals surface area contributed by atoms with Crippen molar-refractivity contribution in [2.24, 2.45) is 0 Å². The molecule has 4 aromatic carbocycles. The molecule has 0 aromatic heterocycles. The fourth-order valence-electron chi connectivity index (χ4n) is 5.09. The van der Waals surface area contributed by atoms with E-state index in [1.165, 1.54) is 0 Å².